The molecule has 3 aromatic rings. The summed E-state index contributed by atoms with van der Waals surface area (Å²) >= 11 is 0. The summed E-state index contributed by atoms with van der Waals surface area (Å²) in [6.45, 7) is 4.54. The van der Waals surface area contributed by atoms with Crippen molar-refractivity contribution in [3.05, 3.63) is 57.9 Å². The van der Waals surface area contributed by atoms with Gasteiger partial charge in [-0.2, -0.15) is 14.9 Å². The van der Waals surface area contributed by atoms with Gasteiger partial charge < -0.3 is 14.4 Å². The zero-order valence-electron chi connectivity index (χ0n) is 21.9. The van der Waals surface area contributed by atoms with Crippen molar-refractivity contribution in [3.63, 3.8) is 0 Å². The highest BCUT2D eigenvalue weighted by Crippen LogP contribution is 2.36. The second-order valence-electron chi connectivity index (χ2n) is 10.5. The van der Waals surface area contributed by atoms with E-state index in [1.54, 1.807) is 33.4 Å². The first kappa shape index (κ1) is 25.7. The van der Waals surface area contributed by atoms with Crippen molar-refractivity contribution in [2.75, 3.05) is 20.3 Å². The van der Waals surface area contributed by atoms with Crippen LogP contribution in [0.25, 0.3) is 21.3 Å². The number of hydrogen-bond donors (Lipinski definition) is 0. The molecule has 1 aromatic carbocycles. The van der Waals surface area contributed by atoms with Crippen molar-refractivity contribution in [2.45, 2.75) is 70.2 Å². The van der Waals surface area contributed by atoms with Crippen LogP contribution in [0.3, 0.4) is 0 Å². The lowest BCUT2D eigenvalue weighted by Crippen LogP contribution is -2.44. The van der Waals surface area contributed by atoms with Crippen LogP contribution in [-0.2, 0) is 28.9 Å². The van der Waals surface area contributed by atoms with Gasteiger partial charge in [0.15, 0.2) is 0 Å². The number of amides is 1. The summed E-state index contributed by atoms with van der Waals surface area (Å²) in [5.41, 5.74) is 11.0. The molecule has 0 radical (unpaired) electrons. The fourth-order valence-corrected chi connectivity index (χ4v) is 5.10. The molecule has 2 aliphatic rings. The first-order valence-electron chi connectivity index (χ1n) is 12.9. The van der Waals surface area contributed by atoms with Gasteiger partial charge in [0.1, 0.15) is 5.60 Å². The minimum absolute atomic E-state index is 0.0105. The first-order chi connectivity index (χ1) is 18.3. The van der Waals surface area contributed by atoms with Crippen LogP contribution in [0.15, 0.2) is 35.7 Å². The van der Waals surface area contributed by atoms with E-state index in [9.17, 15) is 9.59 Å². The normalized spacial score (nSPS) is 17.1. The number of carbonyl (C=O) groups excluding carboxylic acids is 2. The SMILES string of the molecule is COCCn1ncc2c(C(=O)N(C3CC3)C3CCc4nn(C(=O)OC(C)(C)CN=[N+]=[N-])cc4C3)cccc21. The molecule has 12 nitrogen and oxygen atoms in total. The summed E-state index contributed by atoms with van der Waals surface area (Å²) < 4.78 is 13.8. The number of rotatable bonds is 9. The van der Waals surface area contributed by atoms with Crippen molar-refractivity contribution in [1.29, 1.82) is 0 Å². The summed E-state index contributed by atoms with van der Waals surface area (Å²) in [5.74, 6) is 0.0180. The number of aryl methyl sites for hydroxylation is 1. The Kier molecular flexibility index (Phi) is 7.09. The van der Waals surface area contributed by atoms with Crippen LogP contribution in [0.5, 0.6) is 0 Å². The van der Waals surface area contributed by atoms with Crippen molar-refractivity contribution in [1.82, 2.24) is 24.5 Å². The predicted molar refractivity (Wildman–Crippen MR) is 139 cm³/mol. The Morgan fingerprint density at radius 3 is 2.82 bits per heavy atom. The summed E-state index contributed by atoms with van der Waals surface area (Å²) in [5, 5.41) is 13.3. The number of benzene rings is 1. The van der Waals surface area contributed by atoms with Gasteiger partial charge in [-0.1, -0.05) is 11.2 Å². The lowest BCUT2D eigenvalue weighted by atomic mass is 9.91. The maximum atomic E-state index is 14.0. The zero-order chi connectivity index (χ0) is 26.9. The molecule has 0 N–H and O–H groups in total. The highest BCUT2D eigenvalue weighted by atomic mass is 16.6. The summed E-state index contributed by atoms with van der Waals surface area (Å²) in [6, 6.07) is 5.99. The largest absolute Gasteiger partial charge is 0.442 e. The monoisotopic (exact) mass is 520 g/mol. The molecular formula is C26H32N8O4. The molecule has 1 fully saturated rings. The van der Waals surface area contributed by atoms with Crippen LogP contribution in [0, 0.1) is 0 Å². The molecule has 12 heteroatoms. The molecule has 0 saturated heterocycles. The average molecular weight is 521 g/mol. The third kappa shape index (κ3) is 5.23. The van der Waals surface area contributed by atoms with Gasteiger partial charge in [0.2, 0.25) is 0 Å². The zero-order valence-corrected chi connectivity index (χ0v) is 21.9. The molecule has 38 heavy (non-hydrogen) atoms. The first-order valence-corrected chi connectivity index (χ1v) is 12.9. The van der Waals surface area contributed by atoms with Crippen LogP contribution in [0.1, 0.15) is 54.7 Å². The van der Waals surface area contributed by atoms with Gasteiger partial charge in [-0.15, -0.1) is 0 Å². The molecule has 2 aliphatic carbocycles. The topological polar surface area (TPSA) is 140 Å². The maximum absolute atomic E-state index is 14.0. The van der Waals surface area contributed by atoms with Crippen molar-refractivity contribution in [3.8, 4) is 0 Å². The number of fused-ring (bicyclic) bond motifs is 2. The number of azide groups is 1. The molecular weight excluding hydrogens is 488 g/mol. The highest BCUT2D eigenvalue weighted by molar-refractivity contribution is 6.06. The van der Waals surface area contributed by atoms with Crippen molar-refractivity contribution in [2.24, 2.45) is 5.11 Å². The maximum Gasteiger partial charge on any atom is 0.435 e. The third-order valence-corrected chi connectivity index (χ3v) is 7.11. The minimum Gasteiger partial charge on any atom is -0.442 e. The standard InChI is InChI=1S/C26H32N8O4/c1-26(2,16-28-31-27)38-25(36)33-15-17-13-19(9-10-22(17)30-33)34(18-7-8-18)24(35)20-5-4-6-23-21(20)14-29-32(23)11-12-37-3/h4-6,14-15,18-19H,7-13,16H2,1-3H3. The van der Waals surface area contributed by atoms with Gasteiger partial charge in [-0.05, 0) is 69.2 Å². The molecule has 2 aromatic heterocycles. The molecule has 2 heterocycles. The Hall–Kier alpha value is -3.89. The fourth-order valence-electron chi connectivity index (χ4n) is 5.10. The van der Waals surface area contributed by atoms with E-state index in [0.717, 1.165) is 41.4 Å². The minimum atomic E-state index is -0.952. The number of nitrogens with zero attached hydrogens (tertiary/aromatic N) is 8. The Balaban J connectivity index is 1.35. The van der Waals surface area contributed by atoms with Gasteiger partial charge in [0.05, 0.1) is 42.7 Å². The molecule has 0 spiro atoms. The summed E-state index contributed by atoms with van der Waals surface area (Å²) in [4.78, 5) is 31.5. The van der Waals surface area contributed by atoms with Gasteiger partial charge in [-0.25, -0.2) is 4.79 Å². The van der Waals surface area contributed by atoms with Gasteiger partial charge in [-0.3, -0.25) is 9.48 Å². The van der Waals surface area contributed by atoms with Crippen LogP contribution < -0.4 is 0 Å². The highest BCUT2D eigenvalue weighted by Gasteiger charge is 2.40. The number of methoxy groups -OCH3 is 1. The molecule has 1 atom stereocenters. The van der Waals surface area contributed by atoms with Crippen LogP contribution >= 0.6 is 0 Å². The van der Waals surface area contributed by atoms with Crippen molar-refractivity contribution < 1.29 is 19.1 Å². The van der Waals surface area contributed by atoms with E-state index in [4.69, 9.17) is 15.0 Å². The van der Waals surface area contributed by atoms with Gasteiger partial charge in [0, 0.05) is 35.7 Å². The Morgan fingerprint density at radius 1 is 1.26 bits per heavy atom. The number of hydrogen-bond acceptors (Lipinski definition) is 7. The van der Waals surface area contributed by atoms with Gasteiger partial charge >= 0.3 is 6.09 Å². The smallest absolute Gasteiger partial charge is 0.435 e. The van der Waals surface area contributed by atoms with Crippen LogP contribution in [0.2, 0.25) is 0 Å². The molecule has 0 aliphatic heterocycles. The van der Waals surface area contributed by atoms with E-state index in [2.05, 4.69) is 20.2 Å². The molecule has 200 valence electrons. The Bertz CT molecular complexity index is 1400. The number of carbonyl (C=O) groups is 2. The number of aromatic nitrogens is 4. The predicted octanol–water partition coefficient (Wildman–Crippen LogP) is 4.11. The lowest BCUT2D eigenvalue weighted by molar-refractivity contribution is 0.0441. The lowest BCUT2D eigenvalue weighted by Gasteiger charge is -2.34. The van der Waals surface area contributed by atoms with E-state index >= 15 is 0 Å². The molecule has 1 amide bonds. The Labute approximate surface area is 220 Å². The van der Waals surface area contributed by atoms with Crippen molar-refractivity contribution >= 4 is 22.9 Å². The molecule has 0 bridgehead atoms. The van der Waals surface area contributed by atoms with E-state index in [1.807, 2.05) is 27.8 Å². The third-order valence-electron chi connectivity index (χ3n) is 7.11. The molecule has 1 saturated carbocycles. The fraction of sp³-hybridized carbons (Fsp3) is 0.538. The van der Waals surface area contributed by atoms with Crippen LogP contribution in [0.4, 0.5) is 4.79 Å². The van der Waals surface area contributed by atoms with E-state index in [1.165, 1.54) is 4.68 Å². The van der Waals surface area contributed by atoms with Gasteiger partial charge in [0.25, 0.3) is 5.91 Å². The number of ether oxygens (including phenoxy) is 2. The quantitative estimate of drug-likeness (QED) is 0.236. The summed E-state index contributed by atoms with van der Waals surface area (Å²) in [7, 11) is 1.66. The second kappa shape index (κ2) is 10.5. The molecule has 1 unspecified atom stereocenters. The van der Waals surface area contributed by atoms with E-state index < -0.39 is 11.7 Å². The van der Waals surface area contributed by atoms with E-state index in [-0.39, 0.29) is 24.5 Å². The van der Waals surface area contributed by atoms with E-state index in [0.29, 0.717) is 31.6 Å². The summed E-state index contributed by atoms with van der Waals surface area (Å²) in [6.07, 6.45) is 6.88. The van der Waals surface area contributed by atoms with Crippen LogP contribution in [-0.4, -0.2) is 74.4 Å². The molecule has 5 rings (SSSR count). The average Bonchev–Trinajstić information content (AvgIpc) is 3.49. The second-order valence-corrected chi connectivity index (χ2v) is 10.5. The Morgan fingerprint density at radius 2 is 2.08 bits per heavy atom.